The fraction of sp³-hybridized carbons (Fsp3) is 0.231. The zero-order valence-corrected chi connectivity index (χ0v) is 22.6. The minimum Gasteiger partial charge on any atom is -0.478 e. The van der Waals surface area contributed by atoms with Crippen molar-refractivity contribution in [1.82, 2.24) is 25.0 Å². The standard InChI is InChI=1S/C26H21ClF4N6O5/c1-14(13-41-2)37(24(38)20-4-3-16(27)11-32-20)21-9-19(28)22(8-17(21)25(39)40)42-23-18(26(29,30)31)7-15(10-33-23)12-36-34-5-6-35-36/h3-11,14H,12-13H2,1-2H3,(H,39,40)/t14-/m0/s1. The molecule has 1 aromatic carbocycles. The molecule has 0 spiro atoms. The molecule has 0 aliphatic heterocycles. The molecule has 0 unspecified atom stereocenters. The molecule has 4 rings (SSSR count). The molecule has 11 nitrogen and oxygen atoms in total. The summed E-state index contributed by atoms with van der Waals surface area (Å²) in [6.07, 6.45) is -0.0142. The Morgan fingerprint density at radius 2 is 1.83 bits per heavy atom. The molecule has 0 aliphatic rings. The molecule has 0 saturated heterocycles. The highest BCUT2D eigenvalue weighted by Gasteiger charge is 2.37. The molecular formula is C26H21ClF4N6O5. The molecule has 4 aromatic rings. The van der Waals surface area contributed by atoms with E-state index < -0.39 is 58.4 Å². The van der Waals surface area contributed by atoms with Crippen molar-refractivity contribution in [2.45, 2.75) is 25.7 Å². The van der Waals surface area contributed by atoms with Crippen LogP contribution >= 0.6 is 11.6 Å². The van der Waals surface area contributed by atoms with Crippen molar-refractivity contribution in [2.75, 3.05) is 18.6 Å². The largest absolute Gasteiger partial charge is 0.478 e. The first kappa shape index (κ1) is 30.3. The first-order valence-electron chi connectivity index (χ1n) is 12.0. The number of halogens is 5. The van der Waals surface area contributed by atoms with Gasteiger partial charge in [0.15, 0.2) is 11.6 Å². The number of aromatic carboxylic acids is 1. The maximum absolute atomic E-state index is 15.4. The van der Waals surface area contributed by atoms with E-state index in [1.165, 1.54) is 44.8 Å². The number of carbonyl (C=O) groups is 2. The van der Waals surface area contributed by atoms with Crippen LogP contribution in [0.4, 0.5) is 23.2 Å². The molecule has 220 valence electrons. The van der Waals surface area contributed by atoms with Gasteiger partial charge in [-0.1, -0.05) is 11.6 Å². The smallest absolute Gasteiger partial charge is 0.421 e. The summed E-state index contributed by atoms with van der Waals surface area (Å²) in [4.78, 5) is 35.4. The van der Waals surface area contributed by atoms with E-state index in [1.54, 1.807) is 0 Å². The number of methoxy groups -OCH3 is 1. The molecule has 16 heteroatoms. The second kappa shape index (κ2) is 12.5. The third-order valence-corrected chi connectivity index (χ3v) is 5.99. The lowest BCUT2D eigenvalue weighted by atomic mass is 10.1. The topological polar surface area (TPSA) is 133 Å². The van der Waals surface area contributed by atoms with Crippen LogP contribution in [0.1, 0.15) is 38.9 Å². The molecule has 0 radical (unpaired) electrons. The summed E-state index contributed by atoms with van der Waals surface area (Å²) >= 11 is 5.85. The van der Waals surface area contributed by atoms with Crippen molar-refractivity contribution in [3.63, 3.8) is 0 Å². The van der Waals surface area contributed by atoms with Crippen molar-refractivity contribution in [3.05, 3.63) is 88.3 Å². The normalized spacial score (nSPS) is 12.2. The Morgan fingerprint density at radius 3 is 2.43 bits per heavy atom. The maximum atomic E-state index is 15.4. The fourth-order valence-corrected chi connectivity index (χ4v) is 4.05. The van der Waals surface area contributed by atoms with Gasteiger partial charge in [-0.15, -0.1) is 0 Å². The summed E-state index contributed by atoms with van der Waals surface area (Å²) in [6, 6.07) is 3.93. The van der Waals surface area contributed by atoms with Crippen LogP contribution in [-0.2, 0) is 17.5 Å². The predicted molar refractivity (Wildman–Crippen MR) is 139 cm³/mol. The summed E-state index contributed by atoms with van der Waals surface area (Å²) in [7, 11) is 1.34. The summed E-state index contributed by atoms with van der Waals surface area (Å²) in [5.74, 6) is -5.58. The number of amides is 1. The number of alkyl halides is 3. The number of hydrogen-bond donors (Lipinski definition) is 1. The molecule has 0 aliphatic carbocycles. The number of benzene rings is 1. The number of rotatable bonds is 10. The van der Waals surface area contributed by atoms with Gasteiger partial charge in [0.25, 0.3) is 5.91 Å². The number of carboxylic acid groups (broad SMARTS) is 1. The van der Waals surface area contributed by atoms with Gasteiger partial charge in [0.05, 0.1) is 47.9 Å². The van der Waals surface area contributed by atoms with Crippen LogP contribution in [0.15, 0.2) is 55.1 Å². The van der Waals surface area contributed by atoms with Gasteiger partial charge >= 0.3 is 12.1 Å². The Bertz CT molecular complexity index is 1590. The number of nitrogens with zero attached hydrogens (tertiary/aromatic N) is 6. The number of ether oxygens (including phenoxy) is 2. The van der Waals surface area contributed by atoms with Crippen molar-refractivity contribution in [1.29, 1.82) is 0 Å². The zero-order chi connectivity index (χ0) is 30.6. The van der Waals surface area contributed by atoms with E-state index in [1.807, 2.05) is 0 Å². The van der Waals surface area contributed by atoms with Gasteiger partial charge in [0, 0.05) is 31.6 Å². The fourth-order valence-electron chi connectivity index (χ4n) is 3.94. The lowest BCUT2D eigenvalue weighted by molar-refractivity contribution is -0.139. The van der Waals surface area contributed by atoms with Gasteiger partial charge in [0.2, 0.25) is 5.88 Å². The lowest BCUT2D eigenvalue weighted by Gasteiger charge is -2.30. The summed E-state index contributed by atoms with van der Waals surface area (Å²) in [5.41, 5.74) is -2.46. The van der Waals surface area contributed by atoms with E-state index in [9.17, 15) is 27.9 Å². The Kier molecular flexibility index (Phi) is 9.02. The zero-order valence-electron chi connectivity index (χ0n) is 21.8. The average molecular weight is 609 g/mol. The molecule has 0 fully saturated rings. The van der Waals surface area contributed by atoms with Gasteiger partial charge in [-0.2, -0.15) is 28.2 Å². The number of carbonyl (C=O) groups excluding carboxylic acids is 1. The third kappa shape index (κ3) is 6.80. The highest BCUT2D eigenvalue weighted by Crippen LogP contribution is 2.39. The summed E-state index contributed by atoms with van der Waals surface area (Å²) in [6.45, 7) is 1.30. The molecular weight excluding hydrogens is 588 g/mol. The van der Waals surface area contributed by atoms with Gasteiger partial charge in [-0.25, -0.2) is 19.2 Å². The Labute approximate surface area is 240 Å². The number of carboxylic acids is 1. The SMILES string of the molecule is COC[C@H](C)N(C(=O)c1ccc(Cl)cn1)c1cc(F)c(Oc2ncc(Cn3nccn3)cc2C(F)(F)F)cc1C(=O)O. The quantitative estimate of drug-likeness (QED) is 0.244. The number of hydrogen-bond acceptors (Lipinski definition) is 8. The van der Waals surface area contributed by atoms with E-state index in [4.69, 9.17) is 21.1 Å². The van der Waals surface area contributed by atoms with Crippen LogP contribution in [0.5, 0.6) is 11.6 Å². The van der Waals surface area contributed by atoms with Crippen LogP contribution in [0.2, 0.25) is 5.02 Å². The molecule has 0 bridgehead atoms. The molecule has 1 amide bonds. The maximum Gasteiger partial charge on any atom is 0.421 e. The van der Waals surface area contributed by atoms with E-state index in [0.717, 1.165) is 22.0 Å². The van der Waals surface area contributed by atoms with E-state index >= 15 is 4.39 Å². The highest BCUT2D eigenvalue weighted by molar-refractivity contribution is 6.30. The van der Waals surface area contributed by atoms with Gasteiger partial charge in [-0.3, -0.25) is 4.79 Å². The van der Waals surface area contributed by atoms with Crippen LogP contribution in [0.3, 0.4) is 0 Å². The second-order valence-electron chi connectivity index (χ2n) is 8.80. The second-order valence-corrected chi connectivity index (χ2v) is 9.24. The molecule has 1 atom stereocenters. The minimum atomic E-state index is -4.97. The van der Waals surface area contributed by atoms with Crippen LogP contribution in [0.25, 0.3) is 0 Å². The van der Waals surface area contributed by atoms with Crippen molar-refractivity contribution in [2.24, 2.45) is 0 Å². The number of pyridine rings is 2. The molecule has 3 aromatic heterocycles. The Morgan fingerprint density at radius 1 is 1.12 bits per heavy atom. The van der Waals surface area contributed by atoms with Gasteiger partial charge in [0.1, 0.15) is 11.3 Å². The highest BCUT2D eigenvalue weighted by atomic mass is 35.5. The lowest BCUT2D eigenvalue weighted by Crippen LogP contribution is -2.42. The predicted octanol–water partition coefficient (Wildman–Crippen LogP) is 5.10. The summed E-state index contributed by atoms with van der Waals surface area (Å²) in [5, 5.41) is 17.8. The summed E-state index contributed by atoms with van der Waals surface area (Å²) < 4.78 is 67.4. The van der Waals surface area contributed by atoms with Crippen molar-refractivity contribution in [3.8, 4) is 11.6 Å². The first-order valence-corrected chi connectivity index (χ1v) is 12.4. The van der Waals surface area contributed by atoms with Crippen LogP contribution in [-0.4, -0.2) is 61.7 Å². The molecule has 3 heterocycles. The van der Waals surface area contributed by atoms with Gasteiger partial charge in [-0.05, 0) is 30.7 Å². The van der Waals surface area contributed by atoms with Gasteiger partial charge < -0.3 is 19.5 Å². The molecule has 42 heavy (non-hydrogen) atoms. The number of aromatic nitrogens is 5. The van der Waals surface area contributed by atoms with Crippen molar-refractivity contribution < 1.29 is 41.7 Å². The van der Waals surface area contributed by atoms with E-state index in [0.29, 0.717) is 12.1 Å². The Hall–Kier alpha value is -4.63. The molecule has 1 N–H and O–H groups in total. The minimum absolute atomic E-state index is 0.0741. The monoisotopic (exact) mass is 608 g/mol. The van der Waals surface area contributed by atoms with Crippen molar-refractivity contribution >= 4 is 29.2 Å². The van der Waals surface area contributed by atoms with E-state index in [-0.39, 0.29) is 29.4 Å². The average Bonchev–Trinajstić information content (AvgIpc) is 3.44. The first-order chi connectivity index (χ1) is 19.9. The molecule has 0 saturated carbocycles. The van der Waals surface area contributed by atoms with Crippen LogP contribution < -0.4 is 9.64 Å². The van der Waals surface area contributed by atoms with E-state index in [2.05, 4.69) is 20.2 Å². The Balaban J connectivity index is 1.77. The number of anilines is 1. The third-order valence-electron chi connectivity index (χ3n) is 5.76. The van der Waals surface area contributed by atoms with Crippen LogP contribution in [0, 0.1) is 5.82 Å².